The SMILES string of the molecule is CC(C)Oc1ccccc1NC(=O)CC(=O)N1CCN(c2ccccc2F)CC1. The van der Waals surface area contributed by atoms with Gasteiger partial charge in [0.1, 0.15) is 18.0 Å². The van der Waals surface area contributed by atoms with Crippen molar-refractivity contribution in [3.05, 3.63) is 54.3 Å². The third-order valence-corrected chi connectivity index (χ3v) is 4.66. The van der Waals surface area contributed by atoms with Crippen LogP contribution in [-0.4, -0.2) is 49.0 Å². The molecule has 7 heteroatoms. The summed E-state index contributed by atoms with van der Waals surface area (Å²) in [5.41, 5.74) is 1.09. The van der Waals surface area contributed by atoms with Gasteiger partial charge in [-0.1, -0.05) is 24.3 Å². The number of benzene rings is 2. The van der Waals surface area contributed by atoms with Crippen molar-refractivity contribution < 1.29 is 18.7 Å². The number of nitrogens with zero attached hydrogens (tertiary/aromatic N) is 2. The monoisotopic (exact) mass is 399 g/mol. The van der Waals surface area contributed by atoms with Gasteiger partial charge in [-0.05, 0) is 38.1 Å². The maximum atomic E-state index is 13.9. The standard InChI is InChI=1S/C22H26FN3O3/c1-16(2)29-20-10-6-4-8-18(20)24-21(27)15-22(28)26-13-11-25(12-14-26)19-9-5-3-7-17(19)23/h3-10,16H,11-15H2,1-2H3,(H,24,27). The fourth-order valence-corrected chi connectivity index (χ4v) is 3.28. The summed E-state index contributed by atoms with van der Waals surface area (Å²) in [7, 11) is 0. The van der Waals surface area contributed by atoms with E-state index in [0.29, 0.717) is 43.3 Å². The first kappa shape index (κ1) is 20.6. The fraction of sp³-hybridized carbons (Fsp3) is 0.364. The number of carbonyl (C=O) groups is 2. The minimum Gasteiger partial charge on any atom is -0.489 e. The molecule has 1 fully saturated rings. The van der Waals surface area contributed by atoms with Gasteiger partial charge in [-0.3, -0.25) is 9.59 Å². The van der Waals surface area contributed by atoms with E-state index in [1.54, 1.807) is 41.3 Å². The molecular weight excluding hydrogens is 373 g/mol. The van der Waals surface area contributed by atoms with Gasteiger partial charge in [0.25, 0.3) is 0 Å². The zero-order valence-electron chi connectivity index (χ0n) is 16.7. The third-order valence-electron chi connectivity index (χ3n) is 4.66. The second-order valence-corrected chi connectivity index (χ2v) is 7.21. The van der Waals surface area contributed by atoms with E-state index in [9.17, 15) is 14.0 Å². The van der Waals surface area contributed by atoms with Crippen LogP contribution >= 0.6 is 0 Å². The number of carbonyl (C=O) groups excluding carboxylic acids is 2. The van der Waals surface area contributed by atoms with E-state index in [-0.39, 0.29) is 30.2 Å². The zero-order chi connectivity index (χ0) is 20.8. The number of ether oxygens (including phenoxy) is 1. The van der Waals surface area contributed by atoms with Gasteiger partial charge in [0.2, 0.25) is 11.8 Å². The molecule has 0 atom stereocenters. The number of amides is 2. The van der Waals surface area contributed by atoms with Crippen LogP contribution in [0.1, 0.15) is 20.3 Å². The highest BCUT2D eigenvalue weighted by molar-refractivity contribution is 6.04. The van der Waals surface area contributed by atoms with E-state index in [0.717, 1.165) is 0 Å². The number of hydrogen-bond acceptors (Lipinski definition) is 4. The molecule has 1 N–H and O–H groups in total. The molecule has 0 aliphatic carbocycles. The summed E-state index contributed by atoms with van der Waals surface area (Å²) in [5, 5.41) is 2.76. The fourth-order valence-electron chi connectivity index (χ4n) is 3.28. The van der Waals surface area contributed by atoms with E-state index in [2.05, 4.69) is 5.32 Å². The smallest absolute Gasteiger partial charge is 0.233 e. The number of rotatable bonds is 6. The molecule has 6 nitrogen and oxygen atoms in total. The molecule has 1 aliphatic rings. The maximum Gasteiger partial charge on any atom is 0.233 e. The van der Waals surface area contributed by atoms with Crippen molar-refractivity contribution in [1.29, 1.82) is 0 Å². The van der Waals surface area contributed by atoms with E-state index in [1.165, 1.54) is 6.07 Å². The third kappa shape index (κ3) is 5.47. The van der Waals surface area contributed by atoms with Gasteiger partial charge in [-0.2, -0.15) is 0 Å². The van der Waals surface area contributed by atoms with E-state index in [4.69, 9.17) is 4.74 Å². The average Bonchev–Trinajstić information content (AvgIpc) is 2.69. The minimum atomic E-state index is -0.383. The van der Waals surface area contributed by atoms with Gasteiger partial charge >= 0.3 is 0 Å². The molecule has 2 aromatic carbocycles. The van der Waals surface area contributed by atoms with Crippen molar-refractivity contribution in [2.45, 2.75) is 26.4 Å². The van der Waals surface area contributed by atoms with Crippen molar-refractivity contribution in [2.24, 2.45) is 0 Å². The Bertz CT molecular complexity index is 864. The van der Waals surface area contributed by atoms with Crippen LogP contribution in [0.5, 0.6) is 5.75 Å². The molecule has 29 heavy (non-hydrogen) atoms. The van der Waals surface area contributed by atoms with Crippen LogP contribution in [0.3, 0.4) is 0 Å². The minimum absolute atomic E-state index is 0.0274. The molecule has 0 radical (unpaired) electrons. The first-order valence-electron chi connectivity index (χ1n) is 9.77. The van der Waals surface area contributed by atoms with Crippen molar-refractivity contribution in [3.63, 3.8) is 0 Å². The predicted octanol–water partition coefficient (Wildman–Crippen LogP) is 3.29. The Kier molecular flexibility index (Phi) is 6.69. The summed E-state index contributed by atoms with van der Waals surface area (Å²) in [5.74, 6) is -0.319. The van der Waals surface area contributed by atoms with Crippen LogP contribution in [0.25, 0.3) is 0 Å². The normalized spacial score (nSPS) is 14.1. The molecule has 0 spiro atoms. The number of halogens is 1. The Hall–Kier alpha value is -3.09. The summed E-state index contributed by atoms with van der Waals surface area (Å²) in [4.78, 5) is 28.4. The van der Waals surface area contributed by atoms with Crippen LogP contribution in [0.15, 0.2) is 48.5 Å². The summed E-state index contributed by atoms with van der Waals surface area (Å²) >= 11 is 0. The molecule has 0 aromatic heterocycles. The molecule has 3 rings (SSSR count). The summed E-state index contributed by atoms with van der Waals surface area (Å²) < 4.78 is 19.6. The van der Waals surface area contributed by atoms with Crippen molar-refractivity contribution in [1.82, 2.24) is 4.90 Å². The molecule has 2 aromatic rings. The predicted molar refractivity (Wildman–Crippen MR) is 111 cm³/mol. The van der Waals surface area contributed by atoms with Crippen LogP contribution in [0, 0.1) is 5.82 Å². The van der Waals surface area contributed by atoms with Gasteiger partial charge in [-0.15, -0.1) is 0 Å². The molecule has 154 valence electrons. The lowest BCUT2D eigenvalue weighted by Crippen LogP contribution is -2.49. The highest BCUT2D eigenvalue weighted by Crippen LogP contribution is 2.25. The van der Waals surface area contributed by atoms with Crippen molar-refractivity contribution >= 4 is 23.2 Å². The average molecular weight is 399 g/mol. The molecule has 1 aliphatic heterocycles. The van der Waals surface area contributed by atoms with Gasteiger partial charge < -0.3 is 19.9 Å². The van der Waals surface area contributed by atoms with Crippen LogP contribution < -0.4 is 15.0 Å². The second-order valence-electron chi connectivity index (χ2n) is 7.21. The lowest BCUT2D eigenvalue weighted by molar-refractivity contribution is -0.134. The summed E-state index contributed by atoms with van der Waals surface area (Å²) in [6.45, 7) is 5.77. The number of para-hydroxylation sites is 3. The summed E-state index contributed by atoms with van der Waals surface area (Å²) in [6.07, 6.45) is -0.268. The van der Waals surface area contributed by atoms with E-state index >= 15 is 0 Å². The van der Waals surface area contributed by atoms with Gasteiger partial charge in [0, 0.05) is 26.2 Å². The van der Waals surface area contributed by atoms with Crippen LogP contribution in [0.4, 0.5) is 15.8 Å². The topological polar surface area (TPSA) is 61.9 Å². The molecule has 0 bridgehead atoms. The van der Waals surface area contributed by atoms with Crippen molar-refractivity contribution in [2.75, 3.05) is 36.4 Å². The van der Waals surface area contributed by atoms with Gasteiger partial charge in [-0.25, -0.2) is 4.39 Å². The van der Waals surface area contributed by atoms with E-state index < -0.39 is 0 Å². The highest BCUT2D eigenvalue weighted by atomic mass is 19.1. The lowest BCUT2D eigenvalue weighted by Gasteiger charge is -2.36. The first-order valence-corrected chi connectivity index (χ1v) is 9.77. The zero-order valence-corrected chi connectivity index (χ0v) is 16.7. The molecule has 0 saturated carbocycles. The summed E-state index contributed by atoms with van der Waals surface area (Å²) in [6, 6.07) is 13.8. The molecular formula is C22H26FN3O3. The molecule has 1 heterocycles. The van der Waals surface area contributed by atoms with E-state index in [1.807, 2.05) is 24.8 Å². The maximum absolute atomic E-state index is 13.9. The highest BCUT2D eigenvalue weighted by Gasteiger charge is 2.24. The Morgan fingerprint density at radius 3 is 2.38 bits per heavy atom. The second kappa shape index (κ2) is 9.41. The number of piperazine rings is 1. The molecule has 2 amide bonds. The van der Waals surface area contributed by atoms with Gasteiger partial charge in [0.05, 0.1) is 17.5 Å². The largest absolute Gasteiger partial charge is 0.489 e. The lowest BCUT2D eigenvalue weighted by atomic mass is 10.2. The van der Waals surface area contributed by atoms with Crippen LogP contribution in [-0.2, 0) is 9.59 Å². The molecule has 1 saturated heterocycles. The Labute approximate surface area is 170 Å². The number of anilines is 2. The van der Waals surface area contributed by atoms with Crippen LogP contribution in [0.2, 0.25) is 0 Å². The number of nitrogens with one attached hydrogen (secondary N) is 1. The first-order chi connectivity index (χ1) is 13.9. The van der Waals surface area contributed by atoms with Gasteiger partial charge in [0.15, 0.2) is 0 Å². The Balaban J connectivity index is 1.52. The number of hydrogen-bond donors (Lipinski definition) is 1. The quantitative estimate of drug-likeness (QED) is 0.758. The Morgan fingerprint density at radius 2 is 1.69 bits per heavy atom. The molecule has 0 unspecified atom stereocenters. The van der Waals surface area contributed by atoms with Crippen molar-refractivity contribution in [3.8, 4) is 5.75 Å². The Morgan fingerprint density at radius 1 is 1.03 bits per heavy atom.